The predicted octanol–water partition coefficient (Wildman–Crippen LogP) is 12.1. The fourth-order valence-electron chi connectivity index (χ4n) is 10.3. The van der Waals surface area contributed by atoms with Gasteiger partial charge in [-0.3, -0.25) is 0 Å². The van der Waals surface area contributed by atoms with Gasteiger partial charge < -0.3 is 23.0 Å². The van der Waals surface area contributed by atoms with Gasteiger partial charge in [0.15, 0.2) is 0 Å². The van der Waals surface area contributed by atoms with Crippen molar-refractivity contribution in [1.29, 1.82) is 0 Å². The smallest absolute Gasteiger partial charge is 0.511 e. The van der Waals surface area contributed by atoms with Crippen molar-refractivity contribution in [3.05, 3.63) is 166 Å². The van der Waals surface area contributed by atoms with E-state index in [0.29, 0.717) is 11.5 Å². The van der Waals surface area contributed by atoms with Crippen molar-refractivity contribution in [2.75, 3.05) is 0 Å². The van der Waals surface area contributed by atoms with E-state index in [0.717, 1.165) is 33.4 Å². The van der Waals surface area contributed by atoms with Crippen LogP contribution in [0.1, 0.15) is 128 Å². The van der Waals surface area contributed by atoms with E-state index in [9.17, 15) is 0 Å². The fraction of sp³-hybridized carbons (Fsp3) is 0.333. The van der Waals surface area contributed by atoms with E-state index in [1.807, 2.05) is 34.4 Å². The molecule has 0 unspecified atom stereocenters. The Labute approximate surface area is 388 Å². The van der Waals surface area contributed by atoms with Gasteiger partial charge in [0.1, 0.15) is 0 Å². The zero-order chi connectivity index (χ0) is 44.1. The third-order valence-electron chi connectivity index (χ3n) is 13.4. The number of hydrogen-bond donors (Lipinski definition) is 0. The van der Waals surface area contributed by atoms with E-state index in [4.69, 9.17) is 4.74 Å². The van der Waals surface area contributed by atoms with E-state index < -0.39 is 5.41 Å². The van der Waals surface area contributed by atoms with Crippen molar-refractivity contribution in [2.45, 2.75) is 110 Å². The third kappa shape index (κ3) is 6.42. The molecule has 0 atom stereocenters. The van der Waals surface area contributed by atoms with E-state index in [1.54, 1.807) is 0 Å². The Balaban J connectivity index is 0.00000504. The summed E-state index contributed by atoms with van der Waals surface area (Å²) in [7, 11) is 4.12. The second kappa shape index (κ2) is 14.1. The van der Waals surface area contributed by atoms with Crippen molar-refractivity contribution < 1.29 is 34.9 Å². The summed E-state index contributed by atoms with van der Waals surface area (Å²) in [6.07, 6.45) is 7.17. The molecule has 1 aliphatic heterocycles. The molecule has 0 bridgehead atoms. The van der Waals surface area contributed by atoms with Gasteiger partial charge >= 0.3 is 21.1 Å². The van der Waals surface area contributed by atoms with Crippen molar-refractivity contribution in [3.63, 3.8) is 0 Å². The summed E-state index contributed by atoms with van der Waals surface area (Å²) in [6, 6.07) is 43.2. The molecular weight excluding hydrogens is 952 g/mol. The molecule has 10 rings (SSSR count). The fourth-order valence-corrected chi connectivity index (χ4v) is 10.3. The maximum Gasteiger partial charge on any atom is 4.00 e. The van der Waals surface area contributed by atoms with Crippen molar-refractivity contribution in [3.8, 4) is 34.0 Å². The first-order valence-electron chi connectivity index (χ1n) is 22.1. The maximum absolute atomic E-state index is 6.79. The van der Waals surface area contributed by atoms with Crippen LogP contribution in [0.5, 0.6) is 11.5 Å². The van der Waals surface area contributed by atoms with Crippen LogP contribution in [0.3, 0.4) is 0 Å². The number of benzene rings is 6. The van der Waals surface area contributed by atoms with Crippen molar-refractivity contribution >= 4 is 22.1 Å². The van der Waals surface area contributed by atoms with Crippen LogP contribution < -0.4 is 13.9 Å². The van der Waals surface area contributed by atoms with Gasteiger partial charge in [0.2, 0.25) is 12.7 Å². The minimum Gasteiger partial charge on any atom is -0.511 e. The standard InChI is InChI=1S/C57H58N4O.Pt/c1-53(2,3)35-27-40-41-28-36(54(4,5)6)30-45(56(10,11)12)51(41)57(50(40)44(29-35)55(7,8)9)42-26-25-39(32-49(42)61-34-59(14)48-24-18-21-43(57)52(48)61)62-38-20-17-19-37(31-38)60-33-58(13)46-22-15-16-23-47(46)60;/h15-30H,1-14H3;/q-2;+4. The summed E-state index contributed by atoms with van der Waals surface area (Å²) in [5.41, 5.74) is 18.4. The van der Waals surface area contributed by atoms with Gasteiger partial charge in [-0.25, -0.2) is 0 Å². The van der Waals surface area contributed by atoms with Crippen molar-refractivity contribution in [2.24, 2.45) is 14.1 Å². The molecule has 320 valence electrons. The summed E-state index contributed by atoms with van der Waals surface area (Å²) in [4.78, 5) is 0. The molecule has 0 saturated carbocycles. The molecule has 0 amide bonds. The number of nitrogens with zero attached hydrogens (tertiary/aromatic N) is 4. The van der Waals surface area contributed by atoms with Gasteiger partial charge in [-0.15, -0.1) is 29.8 Å². The van der Waals surface area contributed by atoms with Gasteiger partial charge in [-0.1, -0.05) is 161 Å². The van der Waals surface area contributed by atoms with Crippen molar-refractivity contribution in [1.82, 2.24) is 9.13 Å². The molecule has 0 radical (unpaired) electrons. The number of para-hydroxylation sites is 3. The third-order valence-corrected chi connectivity index (χ3v) is 13.4. The summed E-state index contributed by atoms with van der Waals surface area (Å²) in [5, 5.41) is 0. The molecule has 2 aromatic heterocycles. The SMILES string of the molecule is Cn1[c-][n+](-c2[c-]c(Oc3[c-]c4c(cc3)C3(c5c(cc(C(C)(C)C)cc5C(C)(C)C)-c5cc(C(C)(C)C)cc(C(C)(C)C)c53)c3cccc5c3n-4[c-][n+]5C)ccc2)c2ccccc21.[Pt+4]. The summed E-state index contributed by atoms with van der Waals surface area (Å²) < 4.78 is 15.2. The average Bonchev–Trinajstić information content (AvgIpc) is 3.83. The molecule has 0 N–H and O–H groups in total. The zero-order valence-electron chi connectivity index (χ0n) is 39.3. The first-order chi connectivity index (χ1) is 29.1. The molecule has 0 saturated heterocycles. The topological polar surface area (TPSA) is 26.8 Å². The molecule has 8 aromatic rings. The maximum atomic E-state index is 6.79. The first kappa shape index (κ1) is 43.0. The summed E-state index contributed by atoms with van der Waals surface area (Å²) in [5.74, 6) is 1.23. The molecule has 1 aliphatic carbocycles. The predicted molar refractivity (Wildman–Crippen MR) is 250 cm³/mol. The van der Waals surface area contributed by atoms with Crippen LogP contribution in [0, 0.1) is 24.8 Å². The number of fused-ring (bicyclic) bond motifs is 10. The van der Waals surface area contributed by atoms with Gasteiger partial charge in [0, 0.05) is 16.9 Å². The molecular formula is C57H58N4OPt+2. The first-order valence-corrected chi connectivity index (χ1v) is 22.1. The number of rotatable bonds is 3. The Morgan fingerprint density at radius 3 is 1.75 bits per heavy atom. The molecule has 6 heteroatoms. The van der Waals surface area contributed by atoms with Gasteiger partial charge in [0.25, 0.3) is 0 Å². The number of imidazole rings is 2. The number of ether oxygens (including phenoxy) is 1. The van der Waals surface area contributed by atoms with Crippen LogP contribution in [-0.4, -0.2) is 9.13 Å². The van der Waals surface area contributed by atoms with E-state index >= 15 is 0 Å². The molecule has 5 nitrogen and oxygen atoms in total. The Hall–Kier alpha value is -5.25. The number of hydrogen-bond acceptors (Lipinski definition) is 1. The van der Waals surface area contributed by atoms with E-state index in [-0.39, 0.29) is 42.7 Å². The molecule has 3 heterocycles. The van der Waals surface area contributed by atoms with Gasteiger partial charge in [-0.2, -0.15) is 18.2 Å². The molecule has 2 aliphatic rings. The zero-order valence-corrected chi connectivity index (χ0v) is 41.5. The minimum atomic E-state index is -0.672. The molecule has 0 fully saturated rings. The van der Waals surface area contributed by atoms with Crippen LogP contribution in [0.15, 0.2) is 97.1 Å². The van der Waals surface area contributed by atoms with Crippen LogP contribution >= 0.6 is 0 Å². The molecule has 1 spiro atoms. The van der Waals surface area contributed by atoms with Gasteiger partial charge in [-0.05, 0) is 71.7 Å². The summed E-state index contributed by atoms with van der Waals surface area (Å²) >= 11 is 0. The Kier molecular flexibility index (Phi) is 9.64. The van der Waals surface area contributed by atoms with Crippen LogP contribution in [0.25, 0.3) is 44.6 Å². The van der Waals surface area contributed by atoms with Crippen LogP contribution in [0.4, 0.5) is 0 Å². The van der Waals surface area contributed by atoms with Crippen LogP contribution in [-0.2, 0) is 62.2 Å². The van der Waals surface area contributed by atoms with Crippen LogP contribution in [0.2, 0.25) is 0 Å². The second-order valence-electron chi connectivity index (χ2n) is 21.9. The Morgan fingerprint density at radius 2 is 1.14 bits per heavy atom. The molecule has 6 aromatic carbocycles. The normalized spacial score (nSPS) is 14.2. The summed E-state index contributed by atoms with van der Waals surface area (Å²) in [6.45, 7) is 28.4. The average molecular weight is 1010 g/mol. The quantitative estimate of drug-likeness (QED) is 0.128. The monoisotopic (exact) mass is 1010 g/mol. The molecule has 63 heavy (non-hydrogen) atoms. The number of aromatic nitrogens is 4. The number of aryl methyl sites for hydroxylation is 2. The Bertz CT molecular complexity index is 3090. The van der Waals surface area contributed by atoms with Gasteiger partial charge in [0.05, 0.1) is 36.2 Å². The largest absolute Gasteiger partial charge is 4.00 e. The van der Waals surface area contributed by atoms with E-state index in [1.165, 1.54) is 55.6 Å². The minimum absolute atomic E-state index is 0. The second-order valence-corrected chi connectivity index (χ2v) is 21.9. The Morgan fingerprint density at radius 1 is 0.571 bits per heavy atom. The van der Waals surface area contributed by atoms with E-state index in [2.05, 4.69) is 203 Å².